The molecular formula is C12H16N2OS2. The van der Waals surface area contributed by atoms with E-state index in [1.165, 1.54) is 4.90 Å². The molecule has 1 fully saturated rings. The van der Waals surface area contributed by atoms with E-state index in [4.69, 9.17) is 0 Å². The van der Waals surface area contributed by atoms with Crippen molar-refractivity contribution < 1.29 is 4.79 Å². The van der Waals surface area contributed by atoms with Crippen LogP contribution in [-0.4, -0.2) is 41.8 Å². The van der Waals surface area contributed by atoms with Gasteiger partial charge >= 0.3 is 6.03 Å². The Morgan fingerprint density at radius 3 is 2.53 bits per heavy atom. The molecule has 0 radical (unpaired) electrons. The minimum atomic E-state index is 0.0159. The molecule has 0 atom stereocenters. The maximum Gasteiger partial charge on any atom is 0.321 e. The summed E-state index contributed by atoms with van der Waals surface area (Å²) in [5.41, 5.74) is 0.867. The summed E-state index contributed by atoms with van der Waals surface area (Å²) >= 11 is 3.60. The summed E-state index contributed by atoms with van der Waals surface area (Å²) in [5, 5.41) is 2.93. The van der Waals surface area contributed by atoms with Crippen molar-refractivity contribution in [3.8, 4) is 0 Å². The van der Waals surface area contributed by atoms with Crippen molar-refractivity contribution in [2.45, 2.75) is 4.90 Å². The first-order valence-corrected chi connectivity index (χ1v) is 7.95. The van der Waals surface area contributed by atoms with Gasteiger partial charge in [-0.05, 0) is 30.5 Å². The zero-order valence-electron chi connectivity index (χ0n) is 9.81. The molecule has 2 rings (SSSR count). The average Bonchev–Trinajstić information content (AvgIpc) is 2.40. The zero-order chi connectivity index (χ0) is 12.1. The monoisotopic (exact) mass is 268 g/mol. The number of anilines is 1. The molecule has 0 bridgehead atoms. The van der Waals surface area contributed by atoms with Crippen molar-refractivity contribution in [2.75, 3.05) is 36.2 Å². The molecule has 17 heavy (non-hydrogen) atoms. The fourth-order valence-corrected chi connectivity index (χ4v) is 2.95. The van der Waals surface area contributed by atoms with Gasteiger partial charge in [0.2, 0.25) is 0 Å². The van der Waals surface area contributed by atoms with Gasteiger partial charge in [0.05, 0.1) is 0 Å². The normalized spacial score (nSPS) is 15.7. The number of carbonyl (C=O) groups is 1. The molecule has 5 heteroatoms. The first kappa shape index (κ1) is 12.6. The van der Waals surface area contributed by atoms with Crippen LogP contribution in [0.5, 0.6) is 0 Å². The van der Waals surface area contributed by atoms with E-state index in [0.717, 1.165) is 30.3 Å². The van der Waals surface area contributed by atoms with Gasteiger partial charge in [0.25, 0.3) is 0 Å². The third-order valence-corrected chi connectivity index (χ3v) is 4.33. The Labute approximate surface area is 110 Å². The fourth-order valence-electron chi connectivity index (χ4n) is 1.64. The number of carbonyl (C=O) groups excluding carboxylic acids is 1. The van der Waals surface area contributed by atoms with E-state index >= 15 is 0 Å². The minimum absolute atomic E-state index is 0.0159. The number of nitrogens with one attached hydrogen (secondary N) is 1. The Hall–Kier alpha value is -0.810. The summed E-state index contributed by atoms with van der Waals surface area (Å²) in [6, 6.07) is 7.95. The largest absolute Gasteiger partial charge is 0.323 e. The van der Waals surface area contributed by atoms with Gasteiger partial charge in [-0.1, -0.05) is 0 Å². The van der Waals surface area contributed by atoms with Gasteiger partial charge in [0.1, 0.15) is 0 Å². The van der Waals surface area contributed by atoms with Crippen LogP contribution in [0, 0.1) is 0 Å². The molecule has 1 aliphatic rings. The molecule has 1 aromatic rings. The predicted octanol–water partition coefficient (Wildman–Crippen LogP) is 2.99. The number of nitrogens with zero attached hydrogens (tertiary/aromatic N) is 1. The van der Waals surface area contributed by atoms with Crippen molar-refractivity contribution in [3.63, 3.8) is 0 Å². The third-order valence-electron chi connectivity index (χ3n) is 2.64. The Kier molecular flexibility index (Phi) is 4.62. The van der Waals surface area contributed by atoms with E-state index < -0.39 is 0 Å². The van der Waals surface area contributed by atoms with Crippen LogP contribution in [0.1, 0.15) is 0 Å². The lowest BCUT2D eigenvalue weighted by molar-refractivity contribution is 0.217. The number of hydrogen-bond donors (Lipinski definition) is 1. The molecule has 1 saturated heterocycles. The smallest absolute Gasteiger partial charge is 0.321 e. The Bertz CT molecular complexity index is 375. The SMILES string of the molecule is CSc1ccc(NC(=O)N2CCSCC2)cc1. The number of thioether (sulfide) groups is 2. The number of amides is 2. The van der Waals surface area contributed by atoms with Gasteiger partial charge in [-0.3, -0.25) is 0 Å². The highest BCUT2D eigenvalue weighted by molar-refractivity contribution is 7.99. The lowest BCUT2D eigenvalue weighted by Gasteiger charge is -2.26. The molecule has 1 aromatic carbocycles. The summed E-state index contributed by atoms with van der Waals surface area (Å²) in [4.78, 5) is 15.0. The summed E-state index contributed by atoms with van der Waals surface area (Å²) < 4.78 is 0. The molecule has 1 N–H and O–H groups in total. The average molecular weight is 268 g/mol. The first-order valence-electron chi connectivity index (χ1n) is 5.57. The summed E-state index contributed by atoms with van der Waals surface area (Å²) in [7, 11) is 0. The molecule has 92 valence electrons. The molecular weight excluding hydrogens is 252 g/mol. The second kappa shape index (κ2) is 6.21. The molecule has 0 unspecified atom stereocenters. The number of benzene rings is 1. The summed E-state index contributed by atoms with van der Waals surface area (Å²) in [6.07, 6.45) is 2.04. The van der Waals surface area contributed by atoms with Crippen molar-refractivity contribution in [1.29, 1.82) is 0 Å². The highest BCUT2D eigenvalue weighted by atomic mass is 32.2. The summed E-state index contributed by atoms with van der Waals surface area (Å²) in [5.74, 6) is 2.08. The van der Waals surface area contributed by atoms with E-state index in [-0.39, 0.29) is 6.03 Å². The lowest BCUT2D eigenvalue weighted by atomic mass is 10.3. The van der Waals surface area contributed by atoms with E-state index in [0.29, 0.717) is 0 Å². The van der Waals surface area contributed by atoms with Crippen LogP contribution in [0.4, 0.5) is 10.5 Å². The van der Waals surface area contributed by atoms with Crippen LogP contribution in [0.15, 0.2) is 29.2 Å². The highest BCUT2D eigenvalue weighted by Gasteiger charge is 2.16. The van der Waals surface area contributed by atoms with Crippen molar-refractivity contribution in [2.24, 2.45) is 0 Å². The molecule has 1 aliphatic heterocycles. The molecule has 0 saturated carbocycles. The molecule has 1 heterocycles. The second-order valence-corrected chi connectivity index (χ2v) is 5.86. The Morgan fingerprint density at radius 1 is 1.29 bits per heavy atom. The molecule has 2 amide bonds. The van der Waals surface area contributed by atoms with Crippen LogP contribution < -0.4 is 5.32 Å². The zero-order valence-corrected chi connectivity index (χ0v) is 11.4. The van der Waals surface area contributed by atoms with E-state index in [1.807, 2.05) is 47.2 Å². The van der Waals surface area contributed by atoms with Crippen LogP contribution in [0.2, 0.25) is 0 Å². The van der Waals surface area contributed by atoms with Crippen molar-refractivity contribution >= 4 is 35.2 Å². The second-order valence-electron chi connectivity index (χ2n) is 3.76. The minimum Gasteiger partial charge on any atom is -0.323 e. The van der Waals surface area contributed by atoms with Crippen LogP contribution in [0.3, 0.4) is 0 Å². The van der Waals surface area contributed by atoms with Crippen LogP contribution in [0.25, 0.3) is 0 Å². The van der Waals surface area contributed by atoms with Gasteiger partial charge < -0.3 is 10.2 Å². The predicted molar refractivity (Wildman–Crippen MR) is 76.1 cm³/mol. The maximum absolute atomic E-state index is 11.9. The molecule has 0 spiro atoms. The lowest BCUT2D eigenvalue weighted by Crippen LogP contribution is -2.40. The third kappa shape index (κ3) is 3.57. The van der Waals surface area contributed by atoms with E-state index in [2.05, 4.69) is 5.32 Å². The number of urea groups is 1. The fraction of sp³-hybridized carbons (Fsp3) is 0.417. The van der Waals surface area contributed by atoms with Gasteiger partial charge in [0.15, 0.2) is 0 Å². The standard InChI is InChI=1S/C12H16N2OS2/c1-16-11-4-2-10(3-5-11)13-12(15)14-6-8-17-9-7-14/h2-5H,6-9H2,1H3,(H,13,15). The van der Waals surface area contributed by atoms with Gasteiger partial charge in [-0.25, -0.2) is 4.79 Å². The van der Waals surface area contributed by atoms with Crippen LogP contribution >= 0.6 is 23.5 Å². The highest BCUT2D eigenvalue weighted by Crippen LogP contribution is 2.18. The van der Waals surface area contributed by atoms with Gasteiger partial charge in [-0.2, -0.15) is 11.8 Å². The maximum atomic E-state index is 11.9. The van der Waals surface area contributed by atoms with Crippen molar-refractivity contribution in [1.82, 2.24) is 4.90 Å². The van der Waals surface area contributed by atoms with E-state index in [1.54, 1.807) is 11.8 Å². The molecule has 3 nitrogen and oxygen atoms in total. The van der Waals surface area contributed by atoms with Crippen molar-refractivity contribution in [3.05, 3.63) is 24.3 Å². The Balaban J connectivity index is 1.92. The molecule has 0 aromatic heterocycles. The summed E-state index contributed by atoms with van der Waals surface area (Å²) in [6.45, 7) is 1.69. The van der Waals surface area contributed by atoms with Gasteiger partial charge in [0, 0.05) is 35.2 Å². The number of hydrogen-bond acceptors (Lipinski definition) is 3. The van der Waals surface area contributed by atoms with Gasteiger partial charge in [-0.15, -0.1) is 11.8 Å². The van der Waals surface area contributed by atoms with Crippen LogP contribution in [-0.2, 0) is 0 Å². The Morgan fingerprint density at radius 2 is 1.94 bits per heavy atom. The topological polar surface area (TPSA) is 32.3 Å². The first-order chi connectivity index (χ1) is 8.29. The van der Waals surface area contributed by atoms with E-state index in [9.17, 15) is 4.79 Å². The quantitative estimate of drug-likeness (QED) is 0.837. The number of rotatable bonds is 2. The molecule has 0 aliphatic carbocycles.